The quantitative estimate of drug-likeness (QED) is 0.807. The summed E-state index contributed by atoms with van der Waals surface area (Å²) in [4.78, 5) is 0. The smallest absolute Gasteiger partial charge is 0.166 e. The van der Waals surface area contributed by atoms with Crippen LogP contribution in [0.1, 0.15) is 38.3 Å². The largest absolute Gasteiger partial charge is 0.597 e. The Morgan fingerprint density at radius 2 is 2.00 bits per heavy atom. The number of fused-ring (bicyclic) bond motifs is 1. The molecule has 19 heavy (non-hydrogen) atoms. The standard InChI is InChI=1S/C13H17BrFNO2S/c1-12(2)10-8(14)4-5-9(15)11(10)13(3,6-7-17)16-19(12)18/h4-5,16-17H,6-7H2,1-3H3/t13-,19?/m0/s1. The van der Waals surface area contributed by atoms with Gasteiger partial charge in [-0.25, -0.2) is 4.39 Å². The van der Waals surface area contributed by atoms with Crippen LogP contribution >= 0.6 is 15.9 Å². The molecule has 2 rings (SSSR count). The molecule has 3 nitrogen and oxygen atoms in total. The van der Waals surface area contributed by atoms with Crippen LogP contribution in [0.3, 0.4) is 0 Å². The second kappa shape index (κ2) is 5.00. The minimum Gasteiger partial charge on any atom is -0.597 e. The van der Waals surface area contributed by atoms with E-state index < -0.39 is 21.6 Å². The van der Waals surface area contributed by atoms with Crippen molar-refractivity contribution in [2.75, 3.05) is 6.61 Å². The van der Waals surface area contributed by atoms with E-state index in [0.29, 0.717) is 17.5 Å². The lowest BCUT2D eigenvalue weighted by molar-refractivity contribution is 0.229. The Bertz CT molecular complexity index is 512. The van der Waals surface area contributed by atoms with E-state index in [2.05, 4.69) is 20.7 Å². The number of nitrogens with one attached hydrogen (secondary N) is 1. The van der Waals surface area contributed by atoms with E-state index in [1.54, 1.807) is 13.0 Å². The normalized spacial score (nSPS) is 29.1. The summed E-state index contributed by atoms with van der Waals surface area (Å²) in [7, 11) is 0. The van der Waals surface area contributed by atoms with Gasteiger partial charge >= 0.3 is 0 Å². The average Bonchev–Trinajstić information content (AvgIpc) is 2.30. The van der Waals surface area contributed by atoms with Crippen LogP contribution in [0.2, 0.25) is 0 Å². The lowest BCUT2D eigenvalue weighted by atomic mass is 9.82. The van der Waals surface area contributed by atoms with Gasteiger partial charge in [0.25, 0.3) is 0 Å². The first kappa shape index (κ1) is 15.3. The number of benzene rings is 1. The molecule has 1 aromatic rings. The Labute approximate surface area is 124 Å². The molecule has 1 aromatic carbocycles. The zero-order chi connectivity index (χ0) is 14.4. The summed E-state index contributed by atoms with van der Waals surface area (Å²) < 4.78 is 29.7. The van der Waals surface area contributed by atoms with Crippen molar-refractivity contribution < 1.29 is 14.0 Å². The van der Waals surface area contributed by atoms with Crippen molar-refractivity contribution in [3.63, 3.8) is 0 Å². The molecule has 0 bridgehead atoms. The molecule has 0 spiro atoms. The third-order valence-electron chi connectivity index (χ3n) is 3.65. The number of aliphatic hydroxyl groups excluding tert-OH is 1. The number of hydrogen-bond donors (Lipinski definition) is 2. The van der Waals surface area contributed by atoms with Gasteiger partial charge in [0.1, 0.15) is 5.82 Å². The van der Waals surface area contributed by atoms with Gasteiger partial charge in [-0.15, -0.1) is 4.72 Å². The van der Waals surface area contributed by atoms with Crippen LogP contribution < -0.4 is 4.72 Å². The summed E-state index contributed by atoms with van der Waals surface area (Å²) in [5.41, 5.74) is 0.360. The summed E-state index contributed by atoms with van der Waals surface area (Å²) in [6.45, 7) is 5.30. The maximum Gasteiger partial charge on any atom is 0.166 e. The third kappa shape index (κ3) is 2.34. The molecule has 0 fully saturated rings. The van der Waals surface area contributed by atoms with E-state index in [0.717, 1.165) is 4.47 Å². The maximum absolute atomic E-state index is 14.3. The highest BCUT2D eigenvalue weighted by molar-refractivity contribution is 9.10. The minimum atomic E-state index is -1.36. The predicted octanol–water partition coefficient (Wildman–Crippen LogP) is 2.69. The molecule has 0 saturated heterocycles. The van der Waals surface area contributed by atoms with E-state index in [-0.39, 0.29) is 12.4 Å². The highest BCUT2D eigenvalue weighted by atomic mass is 79.9. The number of hydrogen-bond acceptors (Lipinski definition) is 3. The van der Waals surface area contributed by atoms with Crippen LogP contribution in [-0.2, 0) is 21.6 Å². The topological polar surface area (TPSA) is 55.3 Å². The average molecular weight is 350 g/mol. The van der Waals surface area contributed by atoms with Gasteiger partial charge in [0, 0.05) is 33.6 Å². The molecule has 0 radical (unpaired) electrons. The van der Waals surface area contributed by atoms with Crippen LogP contribution in [0.4, 0.5) is 4.39 Å². The van der Waals surface area contributed by atoms with Crippen molar-refractivity contribution in [3.05, 3.63) is 33.5 Å². The summed E-state index contributed by atoms with van der Waals surface area (Å²) in [5.74, 6) is -0.341. The monoisotopic (exact) mass is 349 g/mol. The number of rotatable bonds is 2. The van der Waals surface area contributed by atoms with Crippen molar-refractivity contribution in [3.8, 4) is 0 Å². The van der Waals surface area contributed by atoms with E-state index in [1.807, 2.05) is 13.8 Å². The molecule has 1 heterocycles. The van der Waals surface area contributed by atoms with Crippen molar-refractivity contribution in [2.45, 2.75) is 37.5 Å². The molecule has 1 aliphatic rings. The second-order valence-corrected chi connectivity index (χ2v) is 8.08. The third-order valence-corrected chi connectivity index (χ3v) is 6.08. The molecule has 2 atom stereocenters. The second-order valence-electron chi connectivity index (χ2n) is 5.47. The van der Waals surface area contributed by atoms with Crippen LogP contribution in [0.15, 0.2) is 16.6 Å². The maximum atomic E-state index is 14.3. The summed E-state index contributed by atoms with van der Waals surface area (Å²) >= 11 is 2.07. The fourth-order valence-corrected chi connectivity index (χ4v) is 4.78. The van der Waals surface area contributed by atoms with Crippen LogP contribution in [-0.4, -0.2) is 16.3 Å². The molecule has 106 valence electrons. The molecular formula is C13H17BrFNO2S. The van der Waals surface area contributed by atoms with Gasteiger partial charge in [0.2, 0.25) is 0 Å². The van der Waals surface area contributed by atoms with E-state index in [9.17, 15) is 14.0 Å². The Morgan fingerprint density at radius 1 is 1.37 bits per heavy atom. The van der Waals surface area contributed by atoms with Crippen molar-refractivity contribution in [1.29, 1.82) is 0 Å². The van der Waals surface area contributed by atoms with E-state index in [1.165, 1.54) is 6.07 Å². The van der Waals surface area contributed by atoms with E-state index in [4.69, 9.17) is 0 Å². The first-order valence-electron chi connectivity index (χ1n) is 6.03. The van der Waals surface area contributed by atoms with Crippen LogP contribution in [0.5, 0.6) is 0 Å². The zero-order valence-electron chi connectivity index (χ0n) is 11.1. The molecule has 2 N–H and O–H groups in total. The Balaban J connectivity index is 2.75. The Morgan fingerprint density at radius 3 is 2.58 bits per heavy atom. The molecule has 0 aromatic heterocycles. The zero-order valence-corrected chi connectivity index (χ0v) is 13.5. The minimum absolute atomic E-state index is 0.105. The molecule has 1 aliphatic heterocycles. The fourth-order valence-electron chi connectivity index (χ4n) is 2.56. The first-order chi connectivity index (χ1) is 8.74. The van der Waals surface area contributed by atoms with Gasteiger partial charge in [-0.05, 0) is 39.3 Å². The molecule has 1 unspecified atom stereocenters. The number of aliphatic hydroxyl groups is 1. The van der Waals surface area contributed by atoms with Crippen LogP contribution in [0.25, 0.3) is 0 Å². The molecule has 6 heteroatoms. The van der Waals surface area contributed by atoms with Crippen molar-refractivity contribution in [1.82, 2.24) is 4.72 Å². The predicted molar refractivity (Wildman–Crippen MR) is 77.5 cm³/mol. The van der Waals surface area contributed by atoms with Gasteiger partial charge in [0.15, 0.2) is 4.75 Å². The van der Waals surface area contributed by atoms with Crippen molar-refractivity contribution >= 4 is 27.3 Å². The molecule has 0 aliphatic carbocycles. The Kier molecular flexibility index (Phi) is 4.02. The lowest BCUT2D eigenvalue weighted by Crippen LogP contribution is -2.56. The fraction of sp³-hybridized carbons (Fsp3) is 0.538. The van der Waals surface area contributed by atoms with Crippen LogP contribution in [0, 0.1) is 5.82 Å². The summed E-state index contributed by atoms with van der Waals surface area (Å²) in [5, 5.41) is 9.21. The van der Waals surface area contributed by atoms with Gasteiger partial charge < -0.3 is 9.66 Å². The van der Waals surface area contributed by atoms with E-state index >= 15 is 0 Å². The summed E-state index contributed by atoms with van der Waals surface area (Å²) in [6, 6.07) is 3.03. The Hall–Kier alpha value is -0.140. The van der Waals surface area contributed by atoms with Gasteiger partial charge in [-0.1, -0.05) is 15.9 Å². The van der Waals surface area contributed by atoms with Gasteiger partial charge in [-0.2, -0.15) is 0 Å². The highest BCUT2D eigenvalue weighted by Gasteiger charge is 2.51. The first-order valence-corrected chi connectivity index (χ1v) is 7.98. The lowest BCUT2D eigenvalue weighted by Gasteiger charge is -2.44. The van der Waals surface area contributed by atoms with Crippen molar-refractivity contribution in [2.24, 2.45) is 0 Å². The highest BCUT2D eigenvalue weighted by Crippen LogP contribution is 2.47. The number of halogens is 2. The van der Waals surface area contributed by atoms with Gasteiger partial charge in [-0.3, -0.25) is 0 Å². The summed E-state index contributed by atoms with van der Waals surface area (Å²) in [6.07, 6.45) is 0.301. The SMILES string of the molecule is CC1(C)c2c(Br)ccc(F)c2[C@](C)(CCO)N[S+]1[O-]. The molecule has 0 saturated carbocycles. The molecule has 0 amide bonds. The van der Waals surface area contributed by atoms with Gasteiger partial charge in [0.05, 0.1) is 5.54 Å². The molecular weight excluding hydrogens is 333 g/mol.